The Bertz CT molecular complexity index is 314. The summed E-state index contributed by atoms with van der Waals surface area (Å²) in [6.07, 6.45) is 0.265. The van der Waals surface area contributed by atoms with Gasteiger partial charge in [0.2, 0.25) is 0 Å². The maximum atomic E-state index is 5.16. The maximum Gasteiger partial charge on any atom is 0.0667 e. The van der Waals surface area contributed by atoms with E-state index in [9.17, 15) is 0 Å². The molecule has 1 atom stereocenters. The number of rotatable bonds is 5. The normalized spacial score (nSPS) is 12.8. The molecule has 0 fully saturated rings. The molecule has 84 valence electrons. The van der Waals surface area contributed by atoms with Gasteiger partial charge in [0, 0.05) is 24.7 Å². The topological polar surface area (TPSA) is 21.3 Å². The second-order valence-corrected chi connectivity index (χ2v) is 4.62. The van der Waals surface area contributed by atoms with Crippen LogP contribution in [0.4, 0.5) is 0 Å². The average molecular weight is 272 g/mol. The van der Waals surface area contributed by atoms with Crippen LogP contribution in [0, 0.1) is 6.92 Å². The number of benzene rings is 1. The van der Waals surface area contributed by atoms with Crippen LogP contribution in [0.5, 0.6) is 0 Å². The molecule has 0 aliphatic rings. The molecule has 1 aromatic rings. The molecule has 1 unspecified atom stereocenters. The lowest BCUT2D eigenvalue weighted by Gasteiger charge is -2.11. The molecular formula is C12H18BrNO. The van der Waals surface area contributed by atoms with Gasteiger partial charge in [-0.15, -0.1) is 0 Å². The fraction of sp³-hybridized carbons (Fsp3) is 0.500. The predicted octanol–water partition coefficient (Wildman–Crippen LogP) is 2.88. The largest absolute Gasteiger partial charge is 0.380 e. The summed E-state index contributed by atoms with van der Waals surface area (Å²) in [6.45, 7) is 5.93. The van der Waals surface area contributed by atoms with Gasteiger partial charge >= 0.3 is 0 Å². The zero-order chi connectivity index (χ0) is 11.3. The summed E-state index contributed by atoms with van der Waals surface area (Å²) in [5.41, 5.74) is 2.58. The van der Waals surface area contributed by atoms with Gasteiger partial charge < -0.3 is 10.1 Å². The minimum Gasteiger partial charge on any atom is -0.380 e. The van der Waals surface area contributed by atoms with E-state index in [4.69, 9.17) is 4.74 Å². The van der Waals surface area contributed by atoms with Crippen molar-refractivity contribution in [2.24, 2.45) is 0 Å². The molecule has 3 heteroatoms. The number of nitrogens with one attached hydrogen (secondary N) is 1. The van der Waals surface area contributed by atoms with Crippen LogP contribution in [0.2, 0.25) is 0 Å². The Morgan fingerprint density at radius 2 is 2.20 bits per heavy atom. The number of methoxy groups -OCH3 is 1. The van der Waals surface area contributed by atoms with Crippen LogP contribution in [0.3, 0.4) is 0 Å². The van der Waals surface area contributed by atoms with Crippen molar-refractivity contribution in [2.45, 2.75) is 26.5 Å². The summed E-state index contributed by atoms with van der Waals surface area (Å²) in [7, 11) is 1.73. The fourth-order valence-electron chi connectivity index (χ4n) is 1.32. The van der Waals surface area contributed by atoms with Gasteiger partial charge in [-0.25, -0.2) is 0 Å². The van der Waals surface area contributed by atoms with Gasteiger partial charge in [-0.3, -0.25) is 0 Å². The van der Waals surface area contributed by atoms with E-state index in [1.165, 1.54) is 11.1 Å². The number of hydrogen-bond acceptors (Lipinski definition) is 2. The van der Waals surface area contributed by atoms with Crippen molar-refractivity contribution in [1.82, 2.24) is 5.32 Å². The van der Waals surface area contributed by atoms with E-state index in [1.54, 1.807) is 7.11 Å². The van der Waals surface area contributed by atoms with Crippen molar-refractivity contribution in [3.05, 3.63) is 33.8 Å². The lowest BCUT2D eigenvalue weighted by molar-refractivity contribution is 0.117. The molecule has 2 nitrogen and oxygen atoms in total. The summed E-state index contributed by atoms with van der Waals surface area (Å²) in [4.78, 5) is 0. The smallest absolute Gasteiger partial charge is 0.0667 e. The Morgan fingerprint density at radius 1 is 1.47 bits per heavy atom. The maximum absolute atomic E-state index is 5.16. The van der Waals surface area contributed by atoms with Crippen LogP contribution >= 0.6 is 15.9 Å². The van der Waals surface area contributed by atoms with Crippen LogP contribution in [-0.2, 0) is 11.3 Å². The quantitative estimate of drug-likeness (QED) is 0.890. The van der Waals surface area contributed by atoms with Crippen molar-refractivity contribution < 1.29 is 4.74 Å². The zero-order valence-corrected chi connectivity index (χ0v) is 11.1. The van der Waals surface area contributed by atoms with Crippen LogP contribution in [0.25, 0.3) is 0 Å². The van der Waals surface area contributed by atoms with Gasteiger partial charge in [0.1, 0.15) is 0 Å². The molecule has 0 heterocycles. The third kappa shape index (κ3) is 4.33. The van der Waals surface area contributed by atoms with E-state index < -0.39 is 0 Å². The van der Waals surface area contributed by atoms with E-state index in [-0.39, 0.29) is 6.10 Å². The Morgan fingerprint density at radius 3 is 2.80 bits per heavy atom. The highest BCUT2D eigenvalue weighted by Gasteiger charge is 2.00. The highest BCUT2D eigenvalue weighted by Crippen LogP contribution is 2.16. The highest BCUT2D eigenvalue weighted by atomic mass is 79.9. The van der Waals surface area contributed by atoms with Crippen LogP contribution < -0.4 is 5.32 Å². The summed E-state index contributed by atoms with van der Waals surface area (Å²) < 4.78 is 6.32. The third-order valence-electron chi connectivity index (χ3n) is 2.39. The minimum absolute atomic E-state index is 0.265. The highest BCUT2D eigenvalue weighted by molar-refractivity contribution is 9.10. The number of hydrogen-bond donors (Lipinski definition) is 1. The summed E-state index contributed by atoms with van der Waals surface area (Å²) >= 11 is 3.49. The minimum atomic E-state index is 0.265. The first-order chi connectivity index (χ1) is 7.13. The monoisotopic (exact) mass is 271 g/mol. The fourth-order valence-corrected chi connectivity index (χ4v) is 1.57. The number of aryl methyl sites for hydroxylation is 1. The number of ether oxygens (including phenoxy) is 1. The van der Waals surface area contributed by atoms with Gasteiger partial charge in [-0.2, -0.15) is 0 Å². The summed E-state index contributed by atoms with van der Waals surface area (Å²) in [5.74, 6) is 0. The predicted molar refractivity (Wildman–Crippen MR) is 67.1 cm³/mol. The van der Waals surface area contributed by atoms with E-state index in [0.29, 0.717) is 0 Å². The Labute approximate surface area is 100 Å². The van der Waals surface area contributed by atoms with Gasteiger partial charge in [-0.05, 0) is 31.0 Å². The van der Waals surface area contributed by atoms with Gasteiger partial charge in [-0.1, -0.05) is 28.1 Å². The molecule has 0 aliphatic carbocycles. The number of halogens is 1. The van der Waals surface area contributed by atoms with Crippen molar-refractivity contribution in [1.29, 1.82) is 0 Å². The average Bonchev–Trinajstić information content (AvgIpc) is 2.23. The standard InChI is InChI=1S/C12H18BrNO/c1-9-6-11(4-5-12(9)13)8-14-7-10(2)15-3/h4-6,10,14H,7-8H2,1-3H3. The second kappa shape index (κ2) is 6.26. The molecule has 0 amide bonds. The van der Waals surface area contributed by atoms with Crippen molar-refractivity contribution in [3.8, 4) is 0 Å². The molecule has 0 spiro atoms. The Balaban J connectivity index is 2.41. The first-order valence-corrected chi connectivity index (χ1v) is 5.91. The first-order valence-electron chi connectivity index (χ1n) is 5.12. The van der Waals surface area contributed by atoms with E-state index in [2.05, 4.69) is 53.3 Å². The van der Waals surface area contributed by atoms with Crippen molar-refractivity contribution in [2.75, 3.05) is 13.7 Å². The molecule has 0 saturated carbocycles. The van der Waals surface area contributed by atoms with Crippen LogP contribution in [0.15, 0.2) is 22.7 Å². The molecule has 0 bridgehead atoms. The van der Waals surface area contributed by atoms with Crippen LogP contribution in [0.1, 0.15) is 18.1 Å². The Kier molecular flexibility index (Phi) is 5.29. The van der Waals surface area contributed by atoms with E-state index >= 15 is 0 Å². The molecule has 0 aromatic heterocycles. The molecule has 0 radical (unpaired) electrons. The van der Waals surface area contributed by atoms with Gasteiger partial charge in [0.15, 0.2) is 0 Å². The zero-order valence-electron chi connectivity index (χ0n) is 9.51. The summed E-state index contributed by atoms with van der Waals surface area (Å²) in [6, 6.07) is 6.40. The van der Waals surface area contributed by atoms with E-state index in [0.717, 1.165) is 17.6 Å². The molecule has 1 rings (SSSR count). The second-order valence-electron chi connectivity index (χ2n) is 3.76. The van der Waals surface area contributed by atoms with Gasteiger partial charge in [0.05, 0.1) is 6.10 Å². The Hall–Kier alpha value is -0.380. The summed E-state index contributed by atoms with van der Waals surface area (Å²) in [5, 5.41) is 3.36. The lowest BCUT2D eigenvalue weighted by atomic mass is 10.1. The molecule has 1 aromatic carbocycles. The molecule has 0 saturated heterocycles. The van der Waals surface area contributed by atoms with Crippen molar-refractivity contribution in [3.63, 3.8) is 0 Å². The van der Waals surface area contributed by atoms with Crippen LogP contribution in [-0.4, -0.2) is 19.8 Å². The SMILES string of the molecule is COC(C)CNCc1ccc(Br)c(C)c1. The molecule has 15 heavy (non-hydrogen) atoms. The molecule has 1 N–H and O–H groups in total. The molecular weight excluding hydrogens is 254 g/mol. The van der Waals surface area contributed by atoms with Crippen molar-refractivity contribution >= 4 is 15.9 Å². The lowest BCUT2D eigenvalue weighted by Crippen LogP contribution is -2.25. The van der Waals surface area contributed by atoms with E-state index in [1.807, 2.05) is 0 Å². The molecule has 0 aliphatic heterocycles. The third-order valence-corrected chi connectivity index (χ3v) is 3.28. The first kappa shape index (κ1) is 12.7. The van der Waals surface area contributed by atoms with Gasteiger partial charge in [0.25, 0.3) is 0 Å².